The van der Waals surface area contributed by atoms with Gasteiger partial charge in [0, 0.05) is 24.8 Å². The average molecular weight is 246 g/mol. The van der Waals surface area contributed by atoms with E-state index in [1.165, 1.54) is 56.4 Å². The molecule has 0 saturated carbocycles. The zero-order valence-electron chi connectivity index (χ0n) is 11.6. The van der Waals surface area contributed by atoms with Crippen molar-refractivity contribution >= 4 is 5.69 Å². The van der Waals surface area contributed by atoms with Gasteiger partial charge in [0.25, 0.3) is 0 Å². The molecule has 2 N–H and O–H groups in total. The number of nitrogens with two attached hydrogens (primary N) is 1. The van der Waals surface area contributed by atoms with Crippen LogP contribution in [0.3, 0.4) is 0 Å². The van der Waals surface area contributed by atoms with Crippen LogP contribution in [0.15, 0.2) is 24.3 Å². The first-order valence-corrected chi connectivity index (χ1v) is 7.42. The second-order valence-corrected chi connectivity index (χ2v) is 5.33. The molecule has 1 aliphatic rings. The maximum atomic E-state index is 6.25. The Morgan fingerprint density at radius 1 is 1.06 bits per heavy atom. The molecule has 100 valence electrons. The highest BCUT2D eigenvalue weighted by Crippen LogP contribution is 2.28. The third-order valence-corrected chi connectivity index (χ3v) is 3.97. The van der Waals surface area contributed by atoms with Gasteiger partial charge in [0.15, 0.2) is 0 Å². The topological polar surface area (TPSA) is 29.3 Å². The molecule has 0 bridgehead atoms. The zero-order valence-corrected chi connectivity index (χ0v) is 11.6. The lowest BCUT2D eigenvalue weighted by molar-refractivity contribution is 0.553. The summed E-state index contributed by atoms with van der Waals surface area (Å²) >= 11 is 0. The lowest BCUT2D eigenvalue weighted by Crippen LogP contribution is -2.29. The zero-order chi connectivity index (χ0) is 12.8. The summed E-state index contributed by atoms with van der Waals surface area (Å²) < 4.78 is 0. The lowest BCUT2D eigenvalue weighted by Gasteiger charge is -2.30. The Kier molecular flexibility index (Phi) is 5.06. The van der Waals surface area contributed by atoms with Gasteiger partial charge in [-0.1, -0.05) is 44.4 Å². The first-order valence-electron chi connectivity index (χ1n) is 7.42. The fourth-order valence-electron chi connectivity index (χ4n) is 2.80. The fourth-order valence-corrected chi connectivity index (χ4v) is 2.80. The van der Waals surface area contributed by atoms with Crippen molar-refractivity contribution in [1.82, 2.24) is 0 Å². The Bertz CT molecular complexity index is 354. The number of nitrogens with zero attached hydrogens (tertiary/aromatic N) is 1. The van der Waals surface area contributed by atoms with Crippen LogP contribution < -0.4 is 10.6 Å². The van der Waals surface area contributed by atoms with Crippen LogP contribution in [0.4, 0.5) is 5.69 Å². The van der Waals surface area contributed by atoms with Crippen molar-refractivity contribution in [3.05, 3.63) is 29.8 Å². The Balaban J connectivity index is 2.19. The van der Waals surface area contributed by atoms with Gasteiger partial charge in [-0.25, -0.2) is 0 Å². The Hall–Kier alpha value is -1.02. The van der Waals surface area contributed by atoms with E-state index in [1.54, 1.807) is 0 Å². The van der Waals surface area contributed by atoms with Gasteiger partial charge in [-0.2, -0.15) is 0 Å². The molecule has 0 amide bonds. The molecule has 1 fully saturated rings. The number of hydrogen-bond acceptors (Lipinski definition) is 2. The van der Waals surface area contributed by atoms with E-state index < -0.39 is 0 Å². The van der Waals surface area contributed by atoms with Gasteiger partial charge in [-0.15, -0.1) is 0 Å². The third kappa shape index (κ3) is 3.26. The van der Waals surface area contributed by atoms with E-state index in [9.17, 15) is 0 Å². The second kappa shape index (κ2) is 6.79. The molecule has 2 rings (SSSR count). The van der Waals surface area contributed by atoms with E-state index in [0.29, 0.717) is 0 Å². The monoisotopic (exact) mass is 246 g/mol. The lowest BCUT2D eigenvalue weighted by atomic mass is 10.0. The van der Waals surface area contributed by atoms with Crippen molar-refractivity contribution in [2.24, 2.45) is 5.73 Å². The highest BCUT2D eigenvalue weighted by molar-refractivity contribution is 5.55. The molecule has 2 nitrogen and oxygen atoms in total. The summed E-state index contributed by atoms with van der Waals surface area (Å²) in [6.07, 6.45) is 7.79. The summed E-state index contributed by atoms with van der Waals surface area (Å²) in [5.74, 6) is 0. The number of para-hydroxylation sites is 1. The first kappa shape index (κ1) is 13.4. The van der Waals surface area contributed by atoms with E-state index in [2.05, 4.69) is 36.1 Å². The van der Waals surface area contributed by atoms with Crippen molar-refractivity contribution in [3.63, 3.8) is 0 Å². The molecule has 2 heteroatoms. The summed E-state index contributed by atoms with van der Waals surface area (Å²) in [4.78, 5) is 2.55. The van der Waals surface area contributed by atoms with Crippen LogP contribution in [0.5, 0.6) is 0 Å². The van der Waals surface area contributed by atoms with Crippen molar-refractivity contribution in [3.8, 4) is 0 Å². The van der Waals surface area contributed by atoms with Gasteiger partial charge in [0.2, 0.25) is 0 Å². The Morgan fingerprint density at radius 3 is 2.33 bits per heavy atom. The summed E-state index contributed by atoms with van der Waals surface area (Å²) in [5, 5.41) is 0. The number of benzene rings is 1. The number of hydrogen-bond donors (Lipinski definition) is 1. The van der Waals surface area contributed by atoms with Crippen LogP contribution in [0.1, 0.15) is 57.1 Å². The molecule has 1 aromatic rings. The normalized spacial score (nSPS) is 19.1. The smallest absolute Gasteiger partial charge is 0.0414 e. The van der Waals surface area contributed by atoms with Crippen molar-refractivity contribution in [2.45, 2.75) is 51.5 Å². The van der Waals surface area contributed by atoms with Crippen LogP contribution in [0, 0.1) is 0 Å². The van der Waals surface area contributed by atoms with E-state index >= 15 is 0 Å². The largest absolute Gasteiger partial charge is 0.371 e. The van der Waals surface area contributed by atoms with Crippen LogP contribution in [-0.4, -0.2) is 13.1 Å². The molecule has 1 aromatic carbocycles. The maximum absolute atomic E-state index is 6.25. The molecule has 18 heavy (non-hydrogen) atoms. The summed E-state index contributed by atoms with van der Waals surface area (Å²) in [7, 11) is 0. The van der Waals surface area contributed by atoms with E-state index in [4.69, 9.17) is 5.73 Å². The van der Waals surface area contributed by atoms with E-state index in [1.807, 2.05) is 0 Å². The Morgan fingerprint density at radius 2 is 1.67 bits per heavy atom. The van der Waals surface area contributed by atoms with Crippen LogP contribution in [0.2, 0.25) is 0 Å². The fraction of sp³-hybridized carbons (Fsp3) is 0.625. The number of rotatable bonds is 3. The summed E-state index contributed by atoms with van der Waals surface area (Å²) in [6.45, 7) is 4.54. The number of anilines is 1. The molecule has 1 atom stereocenters. The Labute approximate surface area is 111 Å². The minimum absolute atomic E-state index is 0.173. The SMILES string of the molecule is CCC(N)c1ccccc1N1CCCCCCC1. The molecule has 1 saturated heterocycles. The molecule has 1 aliphatic heterocycles. The quantitative estimate of drug-likeness (QED) is 0.877. The minimum atomic E-state index is 0.173. The predicted octanol–water partition coefficient (Wildman–Crippen LogP) is 3.87. The summed E-state index contributed by atoms with van der Waals surface area (Å²) in [5.41, 5.74) is 8.93. The van der Waals surface area contributed by atoms with Gasteiger partial charge in [0.1, 0.15) is 0 Å². The molecule has 0 spiro atoms. The van der Waals surface area contributed by atoms with Crippen LogP contribution in [0.25, 0.3) is 0 Å². The molecular weight excluding hydrogens is 220 g/mol. The van der Waals surface area contributed by atoms with Crippen LogP contribution >= 0.6 is 0 Å². The van der Waals surface area contributed by atoms with E-state index in [0.717, 1.165) is 6.42 Å². The van der Waals surface area contributed by atoms with E-state index in [-0.39, 0.29) is 6.04 Å². The van der Waals surface area contributed by atoms with Gasteiger partial charge in [-0.3, -0.25) is 0 Å². The standard InChI is InChI=1S/C16H26N2/c1-2-15(17)14-10-6-7-11-16(14)18-12-8-4-3-5-9-13-18/h6-7,10-11,15H,2-5,8-9,12-13,17H2,1H3. The van der Waals surface area contributed by atoms with Gasteiger partial charge in [0.05, 0.1) is 0 Å². The molecule has 1 heterocycles. The molecule has 1 unspecified atom stereocenters. The predicted molar refractivity (Wildman–Crippen MR) is 79.0 cm³/mol. The third-order valence-electron chi connectivity index (χ3n) is 3.97. The molecule has 0 aliphatic carbocycles. The maximum Gasteiger partial charge on any atom is 0.0414 e. The van der Waals surface area contributed by atoms with Gasteiger partial charge >= 0.3 is 0 Å². The molecular formula is C16H26N2. The summed E-state index contributed by atoms with van der Waals surface area (Å²) in [6, 6.07) is 8.86. The molecule has 0 radical (unpaired) electrons. The van der Waals surface area contributed by atoms with Crippen molar-refractivity contribution < 1.29 is 0 Å². The van der Waals surface area contributed by atoms with Crippen molar-refractivity contribution in [1.29, 1.82) is 0 Å². The first-order chi connectivity index (χ1) is 8.83. The van der Waals surface area contributed by atoms with Crippen LogP contribution in [-0.2, 0) is 0 Å². The highest BCUT2D eigenvalue weighted by Gasteiger charge is 2.15. The highest BCUT2D eigenvalue weighted by atomic mass is 15.1. The van der Waals surface area contributed by atoms with Gasteiger partial charge in [-0.05, 0) is 30.9 Å². The molecule has 0 aromatic heterocycles. The second-order valence-electron chi connectivity index (χ2n) is 5.33. The minimum Gasteiger partial charge on any atom is -0.371 e. The average Bonchev–Trinajstić information content (AvgIpc) is 2.38. The van der Waals surface area contributed by atoms with Crippen molar-refractivity contribution in [2.75, 3.05) is 18.0 Å². The van der Waals surface area contributed by atoms with Gasteiger partial charge < -0.3 is 10.6 Å².